The average molecular weight is 257 g/mol. The van der Waals surface area contributed by atoms with Crippen LogP contribution in [-0.4, -0.2) is 40.2 Å². The summed E-state index contributed by atoms with van der Waals surface area (Å²) < 4.78 is 2.12. The lowest BCUT2D eigenvalue weighted by atomic mass is 9.96. The number of carbonyl (C=O) groups excluding carboxylic acids is 1. The third kappa shape index (κ3) is 2.28. The predicted molar refractivity (Wildman–Crippen MR) is 74.7 cm³/mol. The van der Waals surface area contributed by atoms with Gasteiger partial charge >= 0.3 is 0 Å². The predicted octanol–water partition coefficient (Wildman–Crippen LogP) is 2.35. The highest BCUT2D eigenvalue weighted by molar-refractivity contribution is 5.77. The van der Waals surface area contributed by atoms with Gasteiger partial charge in [0.2, 0.25) is 0 Å². The Kier molecular flexibility index (Phi) is 3.34. The first kappa shape index (κ1) is 12.4. The Morgan fingerprint density at radius 3 is 2.89 bits per heavy atom. The molecule has 0 N–H and O–H groups in total. The van der Waals surface area contributed by atoms with E-state index >= 15 is 0 Å². The van der Waals surface area contributed by atoms with Crippen molar-refractivity contribution < 1.29 is 4.79 Å². The lowest BCUT2D eigenvalue weighted by Gasteiger charge is -2.30. The van der Waals surface area contributed by atoms with Gasteiger partial charge in [-0.2, -0.15) is 0 Å². The van der Waals surface area contributed by atoms with Crippen molar-refractivity contribution in [3.05, 3.63) is 35.9 Å². The van der Waals surface area contributed by atoms with Crippen LogP contribution in [0.5, 0.6) is 0 Å². The summed E-state index contributed by atoms with van der Waals surface area (Å²) in [7, 11) is 0. The second-order valence-electron chi connectivity index (χ2n) is 5.20. The first-order chi connectivity index (χ1) is 9.31. The number of fused-ring (bicyclic) bond motifs is 1. The van der Waals surface area contributed by atoms with E-state index < -0.39 is 0 Å². The smallest absolute Gasteiger partial charge is 0.150 e. The second kappa shape index (κ2) is 5.13. The van der Waals surface area contributed by atoms with Crippen LogP contribution in [0.3, 0.4) is 0 Å². The van der Waals surface area contributed by atoms with Crippen molar-refractivity contribution in [3.63, 3.8) is 0 Å². The van der Waals surface area contributed by atoms with Crippen molar-refractivity contribution >= 4 is 11.8 Å². The molecule has 100 valence electrons. The molecule has 4 heteroatoms. The zero-order valence-corrected chi connectivity index (χ0v) is 11.2. The van der Waals surface area contributed by atoms with Gasteiger partial charge < -0.3 is 9.30 Å². The lowest BCUT2D eigenvalue weighted by molar-refractivity contribution is 0.112. The molecule has 1 fully saturated rings. The van der Waals surface area contributed by atoms with Gasteiger partial charge in [-0.25, -0.2) is 4.98 Å². The number of aromatic nitrogens is 2. The van der Waals surface area contributed by atoms with Crippen LogP contribution in [0.1, 0.15) is 41.9 Å². The first-order valence-corrected chi connectivity index (χ1v) is 6.96. The summed E-state index contributed by atoms with van der Waals surface area (Å²) in [4.78, 5) is 17.8. The summed E-state index contributed by atoms with van der Waals surface area (Å²) in [6, 6.07) is 3.75. The maximum Gasteiger partial charge on any atom is 0.150 e. The van der Waals surface area contributed by atoms with Crippen molar-refractivity contribution in [2.24, 2.45) is 0 Å². The van der Waals surface area contributed by atoms with Crippen molar-refractivity contribution in [3.8, 4) is 0 Å². The Hall–Kier alpha value is -1.68. The molecule has 0 amide bonds. The molecule has 3 heterocycles. The molecule has 0 unspecified atom stereocenters. The first-order valence-electron chi connectivity index (χ1n) is 6.96. The minimum atomic E-state index is 0.535. The van der Waals surface area contributed by atoms with Gasteiger partial charge in [-0.1, -0.05) is 6.92 Å². The molecule has 4 nitrogen and oxygen atoms in total. The zero-order valence-electron chi connectivity index (χ0n) is 11.2. The van der Waals surface area contributed by atoms with Crippen LogP contribution < -0.4 is 0 Å². The highest BCUT2D eigenvalue weighted by atomic mass is 16.1. The van der Waals surface area contributed by atoms with Gasteiger partial charge in [0, 0.05) is 17.7 Å². The second-order valence-corrected chi connectivity index (χ2v) is 5.20. The molecule has 2 aromatic rings. The van der Waals surface area contributed by atoms with Gasteiger partial charge in [0.05, 0.1) is 11.7 Å². The number of carbonyl (C=O) groups is 1. The number of likely N-dealkylation sites (tertiary alicyclic amines) is 1. The molecule has 0 aromatic carbocycles. The van der Waals surface area contributed by atoms with Crippen LogP contribution in [0.4, 0.5) is 0 Å². The Balaban J connectivity index is 1.87. The van der Waals surface area contributed by atoms with E-state index in [0.717, 1.165) is 37.3 Å². The van der Waals surface area contributed by atoms with E-state index in [9.17, 15) is 4.79 Å². The number of pyridine rings is 1. The molecule has 1 aliphatic heterocycles. The summed E-state index contributed by atoms with van der Waals surface area (Å²) in [6.07, 6.45) is 7.05. The molecule has 3 rings (SSSR count). The van der Waals surface area contributed by atoms with Crippen molar-refractivity contribution in [2.45, 2.75) is 25.7 Å². The van der Waals surface area contributed by atoms with Crippen LogP contribution in [0, 0.1) is 0 Å². The van der Waals surface area contributed by atoms with E-state index in [4.69, 9.17) is 0 Å². The Morgan fingerprint density at radius 2 is 2.21 bits per heavy atom. The zero-order chi connectivity index (χ0) is 13.2. The summed E-state index contributed by atoms with van der Waals surface area (Å²) in [5.41, 5.74) is 1.72. The van der Waals surface area contributed by atoms with Gasteiger partial charge in [-0.15, -0.1) is 0 Å². The van der Waals surface area contributed by atoms with Crippen LogP contribution in [-0.2, 0) is 0 Å². The minimum Gasteiger partial charge on any atom is -0.304 e. The van der Waals surface area contributed by atoms with E-state index in [2.05, 4.69) is 21.2 Å². The average Bonchev–Trinajstić information content (AvgIpc) is 2.90. The maximum absolute atomic E-state index is 10.8. The fraction of sp³-hybridized carbons (Fsp3) is 0.467. The molecule has 0 atom stereocenters. The van der Waals surface area contributed by atoms with E-state index in [1.165, 1.54) is 12.8 Å². The molecule has 2 aromatic heterocycles. The largest absolute Gasteiger partial charge is 0.304 e. The van der Waals surface area contributed by atoms with Crippen LogP contribution in [0.15, 0.2) is 24.5 Å². The molecule has 1 saturated heterocycles. The monoisotopic (exact) mass is 257 g/mol. The Labute approximate surface area is 113 Å². The van der Waals surface area contributed by atoms with E-state index in [-0.39, 0.29) is 0 Å². The molecule has 1 aliphatic rings. The van der Waals surface area contributed by atoms with E-state index in [1.807, 2.05) is 24.5 Å². The molecule has 19 heavy (non-hydrogen) atoms. The molecular formula is C15H19N3O. The standard InChI is InChI=1S/C15H19N3O/c1-2-17-6-4-13(5-7-17)15-16-10-14-9-12(11-19)3-8-18(14)15/h3,8-11,13H,2,4-7H2,1H3. The van der Waals surface area contributed by atoms with Crippen LogP contribution >= 0.6 is 0 Å². The summed E-state index contributed by atoms with van der Waals surface area (Å²) in [5, 5.41) is 0. The van der Waals surface area contributed by atoms with Gasteiger partial charge in [0.25, 0.3) is 0 Å². The summed E-state index contributed by atoms with van der Waals surface area (Å²) >= 11 is 0. The van der Waals surface area contributed by atoms with Crippen molar-refractivity contribution in [1.29, 1.82) is 0 Å². The molecule has 0 bridgehead atoms. The van der Waals surface area contributed by atoms with Gasteiger partial charge in [-0.05, 0) is 44.6 Å². The SMILES string of the molecule is CCN1CCC(c2ncc3cc(C=O)ccn23)CC1. The van der Waals surface area contributed by atoms with Gasteiger partial charge in [0.15, 0.2) is 0 Å². The molecule has 0 radical (unpaired) electrons. The summed E-state index contributed by atoms with van der Waals surface area (Å²) in [6.45, 7) is 5.66. The van der Waals surface area contributed by atoms with Crippen molar-refractivity contribution in [2.75, 3.05) is 19.6 Å². The molecule has 0 spiro atoms. The third-order valence-corrected chi connectivity index (χ3v) is 4.12. The van der Waals surface area contributed by atoms with Crippen molar-refractivity contribution in [1.82, 2.24) is 14.3 Å². The summed E-state index contributed by atoms with van der Waals surface area (Å²) in [5.74, 6) is 1.68. The lowest BCUT2D eigenvalue weighted by Crippen LogP contribution is -2.33. The molecule has 0 saturated carbocycles. The number of rotatable bonds is 3. The minimum absolute atomic E-state index is 0.535. The van der Waals surface area contributed by atoms with E-state index in [0.29, 0.717) is 11.5 Å². The third-order valence-electron chi connectivity index (χ3n) is 4.12. The molecule has 0 aliphatic carbocycles. The Morgan fingerprint density at radius 1 is 1.42 bits per heavy atom. The highest BCUT2D eigenvalue weighted by Gasteiger charge is 2.22. The number of hydrogen-bond acceptors (Lipinski definition) is 3. The number of aldehydes is 1. The maximum atomic E-state index is 10.8. The van der Waals surface area contributed by atoms with E-state index in [1.54, 1.807) is 0 Å². The number of hydrogen-bond donors (Lipinski definition) is 0. The Bertz CT molecular complexity index is 582. The normalized spacial score (nSPS) is 17.9. The fourth-order valence-electron chi connectivity index (χ4n) is 2.92. The van der Waals surface area contributed by atoms with Crippen LogP contribution in [0.25, 0.3) is 5.52 Å². The fourth-order valence-corrected chi connectivity index (χ4v) is 2.92. The molecular weight excluding hydrogens is 238 g/mol. The van der Waals surface area contributed by atoms with Crippen LogP contribution in [0.2, 0.25) is 0 Å². The van der Waals surface area contributed by atoms with Gasteiger partial charge in [-0.3, -0.25) is 4.79 Å². The highest BCUT2D eigenvalue weighted by Crippen LogP contribution is 2.27. The number of nitrogens with zero attached hydrogens (tertiary/aromatic N) is 3. The topological polar surface area (TPSA) is 37.6 Å². The van der Waals surface area contributed by atoms with Gasteiger partial charge in [0.1, 0.15) is 12.1 Å². The quantitative estimate of drug-likeness (QED) is 0.792. The number of imidazole rings is 1. The number of piperidine rings is 1.